The van der Waals surface area contributed by atoms with Crippen molar-refractivity contribution in [1.29, 1.82) is 0 Å². The first-order chi connectivity index (χ1) is 9.90. The molecule has 2 N–H and O–H groups in total. The number of hydrogen-bond donors (Lipinski definition) is 1. The van der Waals surface area contributed by atoms with Crippen LogP contribution >= 0.6 is 27.5 Å². The number of methoxy groups -OCH3 is 1. The minimum absolute atomic E-state index is 0.109. The molecule has 0 aliphatic heterocycles. The van der Waals surface area contributed by atoms with E-state index in [0.717, 1.165) is 15.7 Å². The van der Waals surface area contributed by atoms with Crippen LogP contribution in [0, 0.1) is 6.92 Å². The van der Waals surface area contributed by atoms with Gasteiger partial charge in [0.05, 0.1) is 12.8 Å². The van der Waals surface area contributed by atoms with Crippen molar-refractivity contribution in [2.75, 3.05) is 12.8 Å². The average Bonchev–Trinajstić information content (AvgIpc) is 2.79. The highest BCUT2D eigenvalue weighted by molar-refractivity contribution is 9.10. The highest BCUT2D eigenvalue weighted by Gasteiger charge is 2.22. The van der Waals surface area contributed by atoms with E-state index in [2.05, 4.69) is 20.9 Å². The third kappa shape index (κ3) is 2.78. The predicted molar refractivity (Wildman–Crippen MR) is 86.1 cm³/mol. The number of halogens is 2. The van der Waals surface area contributed by atoms with Crippen LogP contribution in [0.5, 0.6) is 0 Å². The Bertz CT molecular complexity index is 713. The molecule has 1 aromatic carbocycles. The summed E-state index contributed by atoms with van der Waals surface area (Å²) in [5.41, 5.74) is 7.87. The number of aromatic nitrogens is 2. The van der Waals surface area contributed by atoms with Gasteiger partial charge in [0.15, 0.2) is 5.69 Å². The van der Waals surface area contributed by atoms with Crippen molar-refractivity contribution in [2.24, 2.45) is 0 Å². The Balaban J connectivity index is 2.72. The van der Waals surface area contributed by atoms with Gasteiger partial charge in [-0.1, -0.05) is 18.5 Å². The maximum absolute atomic E-state index is 11.7. The zero-order valence-electron chi connectivity index (χ0n) is 11.9. The molecular weight excluding hydrogens is 358 g/mol. The van der Waals surface area contributed by atoms with Gasteiger partial charge in [0.2, 0.25) is 0 Å². The van der Waals surface area contributed by atoms with Crippen LogP contribution in [0.4, 0.5) is 5.82 Å². The second-order valence-electron chi connectivity index (χ2n) is 4.50. The van der Waals surface area contributed by atoms with E-state index in [9.17, 15) is 4.79 Å². The van der Waals surface area contributed by atoms with Gasteiger partial charge < -0.3 is 10.5 Å². The number of nitrogens with zero attached hydrogens (tertiary/aromatic N) is 2. The van der Waals surface area contributed by atoms with Gasteiger partial charge in [-0.25, -0.2) is 9.78 Å². The fraction of sp³-hybridized carbons (Fsp3) is 0.286. The lowest BCUT2D eigenvalue weighted by Crippen LogP contribution is -2.08. The summed E-state index contributed by atoms with van der Waals surface area (Å²) in [4.78, 5) is 16.0. The van der Waals surface area contributed by atoms with Crippen molar-refractivity contribution in [1.82, 2.24) is 9.55 Å². The zero-order valence-corrected chi connectivity index (χ0v) is 14.2. The zero-order chi connectivity index (χ0) is 15.7. The number of benzene rings is 1. The van der Waals surface area contributed by atoms with Crippen LogP contribution in [0.3, 0.4) is 0 Å². The fourth-order valence-corrected chi connectivity index (χ4v) is 2.83. The van der Waals surface area contributed by atoms with Gasteiger partial charge in [0.25, 0.3) is 0 Å². The number of carbonyl (C=O) groups excluding carboxylic acids is 1. The maximum Gasteiger partial charge on any atom is 0.360 e. The number of aryl methyl sites for hydroxylation is 2. The molecule has 0 amide bonds. The Morgan fingerprint density at radius 3 is 2.76 bits per heavy atom. The van der Waals surface area contributed by atoms with Crippen molar-refractivity contribution in [3.8, 4) is 5.69 Å². The molecule has 5 nitrogen and oxygen atoms in total. The van der Waals surface area contributed by atoms with Gasteiger partial charge in [0, 0.05) is 15.9 Å². The van der Waals surface area contributed by atoms with E-state index in [1.807, 2.05) is 19.9 Å². The topological polar surface area (TPSA) is 70.1 Å². The summed E-state index contributed by atoms with van der Waals surface area (Å²) >= 11 is 9.69. The van der Waals surface area contributed by atoms with Crippen molar-refractivity contribution in [2.45, 2.75) is 20.3 Å². The molecule has 2 aromatic rings. The van der Waals surface area contributed by atoms with Crippen LogP contribution in [-0.2, 0) is 11.2 Å². The number of nitrogen functional groups attached to an aromatic ring is 1. The lowest BCUT2D eigenvalue weighted by Gasteiger charge is -2.13. The van der Waals surface area contributed by atoms with Gasteiger partial charge in [-0.3, -0.25) is 4.57 Å². The summed E-state index contributed by atoms with van der Waals surface area (Å²) in [6, 6.07) is 3.69. The summed E-state index contributed by atoms with van der Waals surface area (Å²) in [5.74, 6) is 0.336. The van der Waals surface area contributed by atoms with Crippen molar-refractivity contribution in [3.05, 3.63) is 38.7 Å². The Morgan fingerprint density at radius 2 is 2.19 bits per heavy atom. The van der Waals surface area contributed by atoms with Crippen LogP contribution in [0.1, 0.15) is 28.8 Å². The second-order valence-corrected chi connectivity index (χ2v) is 5.76. The smallest absolute Gasteiger partial charge is 0.360 e. The first kappa shape index (κ1) is 15.9. The summed E-state index contributed by atoms with van der Waals surface area (Å²) in [6.07, 6.45) is 0.610. The molecule has 0 bridgehead atoms. The van der Waals surface area contributed by atoms with Crippen molar-refractivity contribution < 1.29 is 9.53 Å². The van der Waals surface area contributed by atoms with Crippen LogP contribution in [0.15, 0.2) is 16.6 Å². The number of rotatable bonds is 3. The number of imidazole rings is 1. The Hall–Kier alpha value is -1.53. The summed E-state index contributed by atoms with van der Waals surface area (Å²) < 4.78 is 7.24. The van der Waals surface area contributed by atoms with E-state index < -0.39 is 5.97 Å². The van der Waals surface area contributed by atoms with E-state index in [1.54, 1.807) is 10.6 Å². The number of carbonyl (C=O) groups is 1. The van der Waals surface area contributed by atoms with Crippen LogP contribution < -0.4 is 5.73 Å². The normalized spacial score (nSPS) is 10.7. The molecule has 0 saturated heterocycles. The quantitative estimate of drug-likeness (QED) is 0.837. The third-order valence-electron chi connectivity index (χ3n) is 3.15. The number of anilines is 1. The van der Waals surface area contributed by atoms with E-state index in [4.69, 9.17) is 22.1 Å². The molecule has 0 unspecified atom stereocenters. The molecule has 112 valence electrons. The van der Waals surface area contributed by atoms with Crippen LogP contribution in [0.2, 0.25) is 5.02 Å². The standard InChI is InChI=1S/C14H15BrClN3O2/c1-4-11-18-12(14(20)21-3)13(17)19(11)10-6-9(16)7(2)5-8(10)15/h5-6H,4,17H2,1-3H3. The van der Waals surface area contributed by atoms with Crippen LogP contribution in [0.25, 0.3) is 5.69 Å². The van der Waals surface area contributed by atoms with Gasteiger partial charge in [-0.15, -0.1) is 0 Å². The number of nitrogens with two attached hydrogens (primary N) is 1. The molecule has 21 heavy (non-hydrogen) atoms. The predicted octanol–water partition coefficient (Wildman–Crippen LogP) is 3.53. The average molecular weight is 373 g/mol. The van der Waals surface area contributed by atoms with Gasteiger partial charge in [-0.05, 0) is 40.5 Å². The molecule has 0 atom stereocenters. The largest absolute Gasteiger partial charge is 0.464 e. The van der Waals surface area contributed by atoms with Gasteiger partial charge in [-0.2, -0.15) is 0 Å². The lowest BCUT2D eigenvalue weighted by atomic mass is 10.2. The Kier molecular flexibility index (Phi) is 4.58. The number of hydrogen-bond acceptors (Lipinski definition) is 4. The molecule has 0 fully saturated rings. The lowest BCUT2D eigenvalue weighted by molar-refractivity contribution is 0.0596. The third-order valence-corrected chi connectivity index (χ3v) is 4.19. The molecule has 1 heterocycles. The van der Waals surface area contributed by atoms with Crippen molar-refractivity contribution in [3.63, 3.8) is 0 Å². The first-order valence-corrected chi connectivity index (χ1v) is 7.49. The van der Waals surface area contributed by atoms with Crippen molar-refractivity contribution >= 4 is 39.3 Å². The van der Waals surface area contributed by atoms with E-state index in [-0.39, 0.29) is 11.5 Å². The minimum Gasteiger partial charge on any atom is -0.464 e. The van der Waals surface area contributed by atoms with Gasteiger partial charge >= 0.3 is 5.97 Å². The van der Waals surface area contributed by atoms with E-state index in [1.165, 1.54) is 7.11 Å². The summed E-state index contributed by atoms with van der Waals surface area (Å²) in [5, 5.41) is 0.614. The van der Waals surface area contributed by atoms with Crippen LogP contribution in [-0.4, -0.2) is 22.6 Å². The Morgan fingerprint density at radius 1 is 1.52 bits per heavy atom. The van der Waals surface area contributed by atoms with Gasteiger partial charge in [0.1, 0.15) is 11.6 Å². The maximum atomic E-state index is 11.7. The molecule has 0 aliphatic carbocycles. The molecule has 7 heteroatoms. The highest BCUT2D eigenvalue weighted by atomic mass is 79.9. The monoisotopic (exact) mass is 371 g/mol. The minimum atomic E-state index is -0.560. The van der Waals surface area contributed by atoms with E-state index in [0.29, 0.717) is 17.3 Å². The molecule has 1 aromatic heterocycles. The summed E-state index contributed by atoms with van der Waals surface area (Å²) in [6.45, 7) is 3.85. The highest BCUT2D eigenvalue weighted by Crippen LogP contribution is 2.32. The molecule has 0 saturated carbocycles. The number of esters is 1. The fourth-order valence-electron chi connectivity index (χ4n) is 2.04. The Labute approximate surface area is 136 Å². The molecule has 0 spiro atoms. The molecule has 0 aliphatic rings. The summed E-state index contributed by atoms with van der Waals surface area (Å²) in [7, 11) is 1.30. The SMILES string of the molecule is CCc1nc(C(=O)OC)c(N)n1-c1cc(Cl)c(C)cc1Br. The van der Waals surface area contributed by atoms with E-state index >= 15 is 0 Å². The second kappa shape index (κ2) is 6.07. The molecular formula is C14H15BrClN3O2. The molecule has 0 radical (unpaired) electrons. The number of ether oxygens (including phenoxy) is 1. The first-order valence-electron chi connectivity index (χ1n) is 6.32. The molecule has 2 rings (SSSR count).